The van der Waals surface area contributed by atoms with Crippen LogP contribution in [0.15, 0.2) is 65.0 Å². The van der Waals surface area contributed by atoms with Crippen LogP contribution in [-0.4, -0.2) is 25.2 Å². The number of carbonyl (C=O) groups excluding carboxylic acids is 2. The molecule has 0 radical (unpaired) electrons. The molecule has 2 aromatic rings. The zero-order valence-corrected chi connectivity index (χ0v) is 16.7. The summed E-state index contributed by atoms with van der Waals surface area (Å²) in [6, 6.07) is 14.0. The van der Waals surface area contributed by atoms with E-state index in [1.165, 1.54) is 0 Å². The van der Waals surface area contributed by atoms with Gasteiger partial charge in [-0.25, -0.2) is 9.59 Å². The molecule has 0 saturated heterocycles. The SMILES string of the molecule is CCOC(=O)C1=C(C)NC(C)=C(C(=O)OCC)C1c1ccc2ccccc2c1. The van der Waals surface area contributed by atoms with Gasteiger partial charge in [0.05, 0.1) is 30.3 Å². The number of rotatable bonds is 5. The largest absolute Gasteiger partial charge is 0.463 e. The molecule has 3 rings (SSSR count). The maximum absolute atomic E-state index is 12.8. The lowest BCUT2D eigenvalue weighted by Crippen LogP contribution is -2.32. The summed E-state index contributed by atoms with van der Waals surface area (Å²) in [7, 11) is 0. The van der Waals surface area contributed by atoms with E-state index < -0.39 is 17.9 Å². The van der Waals surface area contributed by atoms with Gasteiger partial charge in [-0.3, -0.25) is 0 Å². The number of dihydropyridines is 1. The molecule has 0 aromatic heterocycles. The van der Waals surface area contributed by atoms with Crippen LogP contribution < -0.4 is 5.32 Å². The Kier molecular flexibility index (Phi) is 5.83. The molecule has 0 unspecified atom stereocenters. The van der Waals surface area contributed by atoms with Gasteiger partial charge in [0.2, 0.25) is 0 Å². The number of allylic oxidation sites excluding steroid dienone is 2. The third-order valence-corrected chi connectivity index (χ3v) is 4.86. The molecular weight excluding hydrogens is 354 g/mol. The first-order chi connectivity index (χ1) is 13.5. The van der Waals surface area contributed by atoms with E-state index in [1.54, 1.807) is 13.8 Å². The number of carbonyl (C=O) groups is 2. The van der Waals surface area contributed by atoms with Gasteiger partial charge in [0.25, 0.3) is 0 Å². The molecule has 0 bridgehead atoms. The van der Waals surface area contributed by atoms with Gasteiger partial charge < -0.3 is 14.8 Å². The molecule has 0 amide bonds. The van der Waals surface area contributed by atoms with Crippen molar-refractivity contribution in [3.05, 3.63) is 70.6 Å². The highest BCUT2D eigenvalue weighted by molar-refractivity contribution is 6.00. The van der Waals surface area contributed by atoms with Gasteiger partial charge in [0, 0.05) is 11.4 Å². The minimum atomic E-state index is -0.552. The smallest absolute Gasteiger partial charge is 0.336 e. The molecule has 1 N–H and O–H groups in total. The Hall–Kier alpha value is -3.08. The number of benzene rings is 2. The quantitative estimate of drug-likeness (QED) is 0.789. The van der Waals surface area contributed by atoms with E-state index in [-0.39, 0.29) is 13.2 Å². The predicted octanol–water partition coefficient (Wildman–Crippen LogP) is 4.20. The van der Waals surface area contributed by atoms with Crippen LogP contribution >= 0.6 is 0 Å². The van der Waals surface area contributed by atoms with Gasteiger partial charge in [0.1, 0.15) is 0 Å². The Morgan fingerprint density at radius 1 is 0.857 bits per heavy atom. The van der Waals surface area contributed by atoms with Crippen LogP contribution in [0.25, 0.3) is 10.8 Å². The minimum Gasteiger partial charge on any atom is -0.463 e. The maximum Gasteiger partial charge on any atom is 0.336 e. The fourth-order valence-corrected chi connectivity index (χ4v) is 3.67. The molecular formula is C23H25NO4. The molecule has 0 aliphatic carbocycles. The van der Waals surface area contributed by atoms with Crippen molar-refractivity contribution in [2.24, 2.45) is 0 Å². The van der Waals surface area contributed by atoms with E-state index in [0.29, 0.717) is 22.5 Å². The van der Waals surface area contributed by atoms with Crippen LogP contribution in [0.4, 0.5) is 0 Å². The second-order valence-corrected chi connectivity index (χ2v) is 6.68. The van der Waals surface area contributed by atoms with E-state index in [0.717, 1.165) is 16.3 Å². The van der Waals surface area contributed by atoms with Crippen molar-refractivity contribution in [2.45, 2.75) is 33.6 Å². The van der Waals surface area contributed by atoms with Crippen LogP contribution in [-0.2, 0) is 19.1 Å². The van der Waals surface area contributed by atoms with Crippen molar-refractivity contribution >= 4 is 22.7 Å². The third-order valence-electron chi connectivity index (χ3n) is 4.86. The number of hydrogen-bond acceptors (Lipinski definition) is 5. The van der Waals surface area contributed by atoms with Gasteiger partial charge in [0.15, 0.2) is 0 Å². The van der Waals surface area contributed by atoms with Gasteiger partial charge in [-0.1, -0.05) is 42.5 Å². The van der Waals surface area contributed by atoms with Gasteiger partial charge in [-0.2, -0.15) is 0 Å². The summed E-state index contributed by atoms with van der Waals surface area (Å²) in [6.07, 6.45) is 0. The van der Waals surface area contributed by atoms with Crippen molar-refractivity contribution in [1.29, 1.82) is 0 Å². The van der Waals surface area contributed by atoms with E-state index in [9.17, 15) is 9.59 Å². The highest BCUT2D eigenvalue weighted by Gasteiger charge is 2.37. The molecule has 1 heterocycles. The second kappa shape index (κ2) is 8.30. The number of esters is 2. The fraction of sp³-hybridized carbons (Fsp3) is 0.304. The Balaban J connectivity index is 2.20. The van der Waals surface area contributed by atoms with Crippen molar-refractivity contribution in [2.75, 3.05) is 13.2 Å². The van der Waals surface area contributed by atoms with Crippen LogP contribution in [0, 0.1) is 0 Å². The highest BCUT2D eigenvalue weighted by Crippen LogP contribution is 2.40. The standard InChI is InChI=1S/C23H25NO4/c1-5-27-22(25)19-14(3)24-15(4)20(23(26)28-6-2)21(19)18-12-11-16-9-7-8-10-17(16)13-18/h7-13,21,24H,5-6H2,1-4H3. The van der Waals surface area contributed by atoms with Crippen LogP contribution in [0.2, 0.25) is 0 Å². The molecule has 28 heavy (non-hydrogen) atoms. The van der Waals surface area contributed by atoms with Gasteiger partial charge in [-0.15, -0.1) is 0 Å². The average molecular weight is 379 g/mol. The first-order valence-electron chi connectivity index (χ1n) is 9.49. The van der Waals surface area contributed by atoms with Gasteiger partial charge >= 0.3 is 11.9 Å². The Morgan fingerprint density at radius 2 is 1.39 bits per heavy atom. The lowest BCUT2D eigenvalue weighted by molar-refractivity contribution is -0.139. The number of ether oxygens (including phenoxy) is 2. The Bertz CT molecular complexity index is 947. The summed E-state index contributed by atoms with van der Waals surface area (Å²) in [5.74, 6) is -1.41. The molecule has 0 atom stereocenters. The molecule has 5 nitrogen and oxygen atoms in total. The lowest BCUT2D eigenvalue weighted by Gasteiger charge is -2.30. The minimum absolute atomic E-state index is 0.261. The normalized spacial score (nSPS) is 14.9. The number of fused-ring (bicyclic) bond motifs is 1. The average Bonchev–Trinajstić information content (AvgIpc) is 2.67. The first kappa shape index (κ1) is 19.7. The van der Waals surface area contributed by atoms with Crippen molar-refractivity contribution in [3.63, 3.8) is 0 Å². The molecule has 0 fully saturated rings. The number of hydrogen-bond donors (Lipinski definition) is 1. The summed E-state index contributed by atoms with van der Waals surface area (Å²) in [6.45, 7) is 7.71. The van der Waals surface area contributed by atoms with Crippen LogP contribution in [0.1, 0.15) is 39.2 Å². The number of nitrogens with one attached hydrogen (secondary N) is 1. The Morgan fingerprint density at radius 3 is 1.93 bits per heavy atom. The van der Waals surface area contributed by atoms with Crippen molar-refractivity contribution < 1.29 is 19.1 Å². The molecule has 2 aromatic carbocycles. The second-order valence-electron chi connectivity index (χ2n) is 6.68. The zero-order valence-electron chi connectivity index (χ0n) is 16.7. The lowest BCUT2D eigenvalue weighted by atomic mass is 9.80. The Labute approximate surface area is 165 Å². The zero-order chi connectivity index (χ0) is 20.3. The van der Waals surface area contributed by atoms with Crippen molar-refractivity contribution in [1.82, 2.24) is 5.32 Å². The molecule has 0 spiro atoms. The summed E-state index contributed by atoms with van der Waals surface area (Å²) >= 11 is 0. The van der Waals surface area contributed by atoms with E-state index in [4.69, 9.17) is 9.47 Å². The first-order valence-corrected chi connectivity index (χ1v) is 9.49. The van der Waals surface area contributed by atoms with Crippen LogP contribution in [0.5, 0.6) is 0 Å². The topological polar surface area (TPSA) is 64.6 Å². The third kappa shape index (κ3) is 3.65. The van der Waals surface area contributed by atoms with E-state index in [1.807, 2.05) is 56.3 Å². The molecule has 5 heteroatoms. The van der Waals surface area contributed by atoms with Crippen LogP contribution in [0.3, 0.4) is 0 Å². The summed E-state index contributed by atoms with van der Waals surface area (Å²) < 4.78 is 10.6. The summed E-state index contributed by atoms with van der Waals surface area (Å²) in [5.41, 5.74) is 3.09. The highest BCUT2D eigenvalue weighted by atomic mass is 16.5. The summed E-state index contributed by atoms with van der Waals surface area (Å²) in [4.78, 5) is 25.6. The van der Waals surface area contributed by atoms with E-state index in [2.05, 4.69) is 5.32 Å². The monoisotopic (exact) mass is 379 g/mol. The van der Waals surface area contributed by atoms with E-state index >= 15 is 0 Å². The van der Waals surface area contributed by atoms with Crippen molar-refractivity contribution in [3.8, 4) is 0 Å². The predicted molar refractivity (Wildman–Crippen MR) is 108 cm³/mol. The maximum atomic E-state index is 12.8. The molecule has 146 valence electrons. The molecule has 0 saturated carbocycles. The van der Waals surface area contributed by atoms with Gasteiger partial charge in [-0.05, 0) is 44.0 Å². The molecule has 1 aliphatic rings. The fourth-order valence-electron chi connectivity index (χ4n) is 3.67. The summed E-state index contributed by atoms with van der Waals surface area (Å²) in [5, 5.41) is 5.29. The molecule has 1 aliphatic heterocycles.